The van der Waals surface area contributed by atoms with Crippen molar-refractivity contribution in [3.05, 3.63) is 46.0 Å². The maximum absolute atomic E-state index is 12.5. The van der Waals surface area contributed by atoms with Crippen LogP contribution in [0, 0.1) is 0 Å². The van der Waals surface area contributed by atoms with E-state index in [1.165, 1.54) is 0 Å². The van der Waals surface area contributed by atoms with Crippen molar-refractivity contribution in [2.24, 2.45) is 0 Å². The fourth-order valence-electron chi connectivity index (χ4n) is 3.08. The third-order valence-corrected chi connectivity index (χ3v) is 4.47. The summed E-state index contributed by atoms with van der Waals surface area (Å²) in [5.41, 5.74) is 1.13. The first-order valence-electron chi connectivity index (χ1n) is 7.74. The number of likely N-dealkylation sites (N-methyl/N-ethyl adjacent to an activating group) is 1. The number of ether oxygens (including phenoxy) is 1. The van der Waals surface area contributed by atoms with E-state index in [-0.39, 0.29) is 5.56 Å². The standard InChI is InChI=1S/C16H16ClN5O2/c1-20-6-7-22-15(23)13-14(19-10-18-13)21(16(20)22)8-9-24-12-4-2-11(17)3-5-12/h2-5,10H,6-9H2,1H3/p+1. The van der Waals surface area contributed by atoms with Crippen molar-refractivity contribution in [3.8, 4) is 5.75 Å². The largest absolute Gasteiger partial charge is 0.490 e. The number of rotatable bonds is 4. The van der Waals surface area contributed by atoms with Gasteiger partial charge in [0.1, 0.15) is 25.4 Å². The summed E-state index contributed by atoms with van der Waals surface area (Å²) in [6, 6.07) is 7.27. The van der Waals surface area contributed by atoms with Crippen molar-refractivity contribution in [1.29, 1.82) is 0 Å². The molecule has 3 aromatic rings. The Kier molecular flexibility index (Phi) is 3.65. The molecule has 1 aliphatic rings. The first kappa shape index (κ1) is 15.0. The number of imidazole rings is 1. The van der Waals surface area contributed by atoms with Crippen molar-refractivity contribution in [1.82, 2.24) is 14.5 Å². The molecule has 0 atom stereocenters. The number of anilines is 1. The van der Waals surface area contributed by atoms with E-state index in [1.807, 2.05) is 23.7 Å². The van der Waals surface area contributed by atoms with E-state index in [0.717, 1.165) is 23.9 Å². The number of fused-ring (bicyclic) bond motifs is 2. The van der Waals surface area contributed by atoms with Crippen molar-refractivity contribution in [3.63, 3.8) is 0 Å². The number of nitrogens with one attached hydrogen (secondary N) is 1. The van der Waals surface area contributed by atoms with Crippen LogP contribution in [0.3, 0.4) is 0 Å². The van der Waals surface area contributed by atoms with Gasteiger partial charge in [-0.25, -0.2) is 14.3 Å². The molecule has 1 aromatic carbocycles. The molecule has 0 radical (unpaired) electrons. The highest BCUT2D eigenvalue weighted by Crippen LogP contribution is 2.18. The van der Waals surface area contributed by atoms with E-state index in [2.05, 4.69) is 14.9 Å². The number of aromatic nitrogens is 4. The van der Waals surface area contributed by atoms with Gasteiger partial charge in [0, 0.05) is 5.02 Å². The smallest absolute Gasteiger partial charge is 0.364 e. The monoisotopic (exact) mass is 346 g/mol. The van der Waals surface area contributed by atoms with E-state index in [1.54, 1.807) is 23.0 Å². The average Bonchev–Trinajstić information content (AvgIpc) is 3.20. The summed E-state index contributed by atoms with van der Waals surface area (Å²) >= 11 is 5.88. The van der Waals surface area contributed by atoms with E-state index >= 15 is 0 Å². The summed E-state index contributed by atoms with van der Waals surface area (Å²) < 4.78 is 9.61. The summed E-state index contributed by atoms with van der Waals surface area (Å²) in [4.78, 5) is 21.8. The van der Waals surface area contributed by atoms with Crippen molar-refractivity contribution < 1.29 is 9.30 Å². The molecule has 0 bridgehead atoms. The molecule has 0 spiro atoms. The molecule has 3 heterocycles. The number of hydrogen-bond donors (Lipinski definition) is 1. The number of hydrogen-bond acceptors (Lipinski definition) is 4. The van der Waals surface area contributed by atoms with Crippen molar-refractivity contribution >= 4 is 28.7 Å². The van der Waals surface area contributed by atoms with Gasteiger partial charge in [0.2, 0.25) is 11.2 Å². The van der Waals surface area contributed by atoms with Crippen LogP contribution in [0.2, 0.25) is 5.02 Å². The van der Waals surface area contributed by atoms with E-state index in [4.69, 9.17) is 16.3 Å². The van der Waals surface area contributed by atoms with Crippen LogP contribution in [0.15, 0.2) is 35.4 Å². The fourth-order valence-corrected chi connectivity index (χ4v) is 3.20. The quantitative estimate of drug-likeness (QED) is 0.721. The van der Waals surface area contributed by atoms with Crippen molar-refractivity contribution in [2.45, 2.75) is 13.1 Å². The Bertz CT molecular complexity index is 947. The molecule has 1 aliphatic heterocycles. The van der Waals surface area contributed by atoms with Crippen LogP contribution in [0.5, 0.6) is 5.75 Å². The van der Waals surface area contributed by atoms with Crippen LogP contribution in [-0.2, 0) is 13.1 Å². The molecule has 0 fully saturated rings. The Morgan fingerprint density at radius 3 is 2.96 bits per heavy atom. The molecule has 0 aliphatic carbocycles. The Morgan fingerprint density at radius 1 is 1.38 bits per heavy atom. The van der Waals surface area contributed by atoms with Gasteiger partial charge in [0.15, 0.2) is 0 Å². The van der Waals surface area contributed by atoms with Crippen LogP contribution in [0.4, 0.5) is 5.95 Å². The van der Waals surface area contributed by atoms with E-state index in [0.29, 0.717) is 30.2 Å². The lowest BCUT2D eigenvalue weighted by Gasteiger charge is -2.12. The molecule has 0 amide bonds. The summed E-state index contributed by atoms with van der Waals surface area (Å²) in [7, 11) is 1.98. The lowest BCUT2D eigenvalue weighted by Crippen LogP contribution is -2.50. The topological polar surface area (TPSA) is 67.0 Å². The minimum Gasteiger partial charge on any atom is -0.490 e. The van der Waals surface area contributed by atoms with Gasteiger partial charge in [-0.1, -0.05) is 11.6 Å². The highest BCUT2D eigenvalue weighted by molar-refractivity contribution is 6.30. The second-order valence-corrected chi connectivity index (χ2v) is 6.17. The lowest BCUT2D eigenvalue weighted by atomic mass is 10.3. The predicted molar refractivity (Wildman–Crippen MR) is 90.8 cm³/mol. The number of nitrogens with zero attached hydrogens (tertiary/aromatic N) is 4. The molecule has 7 nitrogen and oxygen atoms in total. The summed E-state index contributed by atoms with van der Waals surface area (Å²) in [6.45, 7) is 2.55. The molecule has 8 heteroatoms. The molecule has 0 unspecified atom stereocenters. The van der Waals surface area contributed by atoms with Crippen LogP contribution in [0.25, 0.3) is 11.2 Å². The third-order valence-electron chi connectivity index (χ3n) is 4.22. The van der Waals surface area contributed by atoms with Crippen LogP contribution in [-0.4, -0.2) is 34.7 Å². The number of aromatic amines is 1. The summed E-state index contributed by atoms with van der Waals surface area (Å²) in [6.07, 6.45) is 1.55. The number of benzene rings is 1. The normalized spacial score (nSPS) is 13.5. The molecular formula is C16H17ClN5O2+. The zero-order valence-electron chi connectivity index (χ0n) is 13.2. The Hall–Kier alpha value is -2.54. The van der Waals surface area contributed by atoms with Crippen LogP contribution < -0.4 is 19.8 Å². The average molecular weight is 347 g/mol. The molecule has 1 N–H and O–H groups in total. The first-order valence-corrected chi connectivity index (χ1v) is 8.12. The Labute approximate surface area is 143 Å². The van der Waals surface area contributed by atoms with Gasteiger partial charge in [0.05, 0.1) is 19.9 Å². The minimum absolute atomic E-state index is 0.0551. The fraction of sp³-hybridized carbons (Fsp3) is 0.312. The van der Waals surface area contributed by atoms with Crippen molar-refractivity contribution in [2.75, 3.05) is 25.1 Å². The molecule has 4 rings (SSSR count). The van der Waals surface area contributed by atoms with Crippen LogP contribution >= 0.6 is 11.6 Å². The maximum Gasteiger partial charge on any atom is 0.364 e. The van der Waals surface area contributed by atoms with Gasteiger partial charge >= 0.3 is 11.5 Å². The Balaban J connectivity index is 1.65. The number of halogens is 1. The summed E-state index contributed by atoms with van der Waals surface area (Å²) in [5, 5.41) is 0.678. The maximum atomic E-state index is 12.5. The van der Waals surface area contributed by atoms with Crippen LogP contribution in [0.1, 0.15) is 0 Å². The SMILES string of the molecule is CN1CC[n+]2c1n(CCOc1ccc(Cl)cc1)c1[nH]cnc1c2=O. The third kappa shape index (κ3) is 2.41. The van der Waals surface area contributed by atoms with E-state index in [9.17, 15) is 4.79 Å². The zero-order chi connectivity index (χ0) is 16.7. The lowest BCUT2D eigenvalue weighted by molar-refractivity contribution is -0.686. The predicted octanol–water partition coefficient (Wildman–Crippen LogP) is 1.19. The van der Waals surface area contributed by atoms with Gasteiger partial charge in [-0.05, 0) is 24.3 Å². The van der Waals surface area contributed by atoms with Gasteiger partial charge in [0.25, 0.3) is 0 Å². The second kappa shape index (κ2) is 5.83. The second-order valence-electron chi connectivity index (χ2n) is 5.73. The Morgan fingerprint density at radius 2 is 2.17 bits per heavy atom. The van der Waals surface area contributed by atoms with E-state index < -0.39 is 0 Å². The molecular weight excluding hydrogens is 330 g/mol. The molecule has 2 aromatic heterocycles. The first-order chi connectivity index (χ1) is 11.6. The van der Waals surface area contributed by atoms with Gasteiger partial charge in [-0.15, -0.1) is 0 Å². The van der Waals surface area contributed by atoms with Gasteiger partial charge < -0.3 is 9.72 Å². The molecule has 0 saturated heterocycles. The highest BCUT2D eigenvalue weighted by atomic mass is 35.5. The summed E-state index contributed by atoms with van der Waals surface area (Å²) in [5.74, 6) is 1.63. The minimum atomic E-state index is -0.0551. The molecule has 0 saturated carbocycles. The number of H-pyrrole nitrogens is 1. The molecule has 124 valence electrons. The zero-order valence-corrected chi connectivity index (χ0v) is 14.0. The van der Waals surface area contributed by atoms with Gasteiger partial charge in [-0.3, -0.25) is 4.90 Å². The van der Waals surface area contributed by atoms with Gasteiger partial charge in [-0.2, -0.15) is 4.57 Å². The highest BCUT2D eigenvalue weighted by Gasteiger charge is 2.32. The molecule has 24 heavy (non-hydrogen) atoms.